The third-order valence-corrected chi connectivity index (χ3v) is 7.01. The van der Waals surface area contributed by atoms with Gasteiger partial charge in [0.25, 0.3) is 0 Å². The Bertz CT molecular complexity index is 371. The molecule has 0 saturated heterocycles. The molecule has 0 heterocycles. The highest BCUT2D eigenvalue weighted by Crippen LogP contribution is 2.14. The fourth-order valence-electron chi connectivity index (χ4n) is 4.62. The number of aliphatic hydroxyl groups excluding tert-OH is 1. The van der Waals surface area contributed by atoms with E-state index in [1.54, 1.807) is 0 Å². The molecular weight excluding hydrogens is 432 g/mol. The molecule has 0 amide bonds. The van der Waals surface area contributed by atoms with Crippen molar-refractivity contribution in [3.05, 3.63) is 0 Å². The minimum absolute atomic E-state index is 0.113. The largest absolute Gasteiger partial charge is 0.481 e. The highest BCUT2D eigenvalue weighted by molar-refractivity contribution is 5.67. The molecule has 0 aliphatic heterocycles. The Balaban J connectivity index is 0. The van der Waals surface area contributed by atoms with Crippen LogP contribution in [-0.2, 0) is 4.79 Å². The second-order valence-electron chi connectivity index (χ2n) is 10.8. The van der Waals surface area contributed by atoms with E-state index < -0.39 is 12.1 Å². The van der Waals surface area contributed by atoms with E-state index in [4.69, 9.17) is 5.11 Å². The molecule has 0 radical (unpaired) electrons. The molecule has 0 spiro atoms. The Morgan fingerprint density at radius 3 is 0.914 bits per heavy atom. The summed E-state index contributed by atoms with van der Waals surface area (Å²) in [6.07, 6.45) is 34.3. The molecule has 2 N–H and O–H groups in total. The van der Waals surface area contributed by atoms with Gasteiger partial charge in [0.1, 0.15) is 0 Å². The lowest BCUT2D eigenvalue weighted by molar-refractivity contribution is -0.139. The van der Waals surface area contributed by atoms with E-state index in [1.807, 2.05) is 0 Å². The molecule has 0 aliphatic carbocycles. The zero-order chi connectivity index (χ0) is 26.2. The fraction of sp³-hybridized carbons (Fsp3) is 0.969. The smallest absolute Gasteiger partial charge is 0.305 e. The first-order valence-electron chi connectivity index (χ1n) is 16.0. The van der Waals surface area contributed by atoms with Crippen LogP contribution < -0.4 is 0 Å². The van der Waals surface area contributed by atoms with Gasteiger partial charge in [0.05, 0.1) is 12.5 Å². The third-order valence-electron chi connectivity index (χ3n) is 7.01. The van der Waals surface area contributed by atoms with Crippen molar-refractivity contribution in [1.29, 1.82) is 0 Å². The number of rotatable bonds is 27. The van der Waals surface area contributed by atoms with Crippen molar-refractivity contribution in [2.75, 3.05) is 0 Å². The van der Waals surface area contributed by atoms with Crippen molar-refractivity contribution >= 4 is 5.97 Å². The molecule has 0 rings (SSSR count). The molecule has 3 heteroatoms. The lowest BCUT2D eigenvalue weighted by Gasteiger charge is -2.07. The molecule has 0 fully saturated rings. The highest BCUT2D eigenvalue weighted by atomic mass is 16.4. The van der Waals surface area contributed by atoms with Gasteiger partial charge in [0.2, 0.25) is 0 Å². The van der Waals surface area contributed by atoms with E-state index in [2.05, 4.69) is 20.8 Å². The van der Waals surface area contributed by atoms with Crippen molar-refractivity contribution < 1.29 is 15.0 Å². The van der Waals surface area contributed by atoms with Gasteiger partial charge in [-0.15, -0.1) is 0 Å². The van der Waals surface area contributed by atoms with Gasteiger partial charge in [-0.25, -0.2) is 0 Å². The van der Waals surface area contributed by atoms with E-state index in [9.17, 15) is 9.90 Å². The average Bonchev–Trinajstić information content (AvgIpc) is 2.83. The summed E-state index contributed by atoms with van der Waals surface area (Å²) in [4.78, 5) is 10.4. The molecule has 212 valence electrons. The van der Waals surface area contributed by atoms with Crippen LogP contribution in [0.2, 0.25) is 0 Å². The van der Waals surface area contributed by atoms with Crippen molar-refractivity contribution in [2.24, 2.45) is 0 Å². The number of hydrogen-bond donors (Lipinski definition) is 2. The Morgan fingerprint density at radius 1 is 0.457 bits per heavy atom. The molecule has 0 bridgehead atoms. The lowest BCUT2D eigenvalue weighted by Crippen LogP contribution is -2.12. The quantitative estimate of drug-likeness (QED) is 0.111. The topological polar surface area (TPSA) is 57.5 Å². The van der Waals surface area contributed by atoms with Crippen LogP contribution in [0.5, 0.6) is 0 Å². The third kappa shape index (κ3) is 38.1. The average molecular weight is 499 g/mol. The number of carboxylic acid groups (broad SMARTS) is 1. The zero-order valence-electron chi connectivity index (χ0n) is 24.5. The first-order valence-corrected chi connectivity index (χ1v) is 16.0. The van der Waals surface area contributed by atoms with Gasteiger partial charge in [-0.1, -0.05) is 181 Å². The number of carbonyl (C=O) groups is 1. The van der Waals surface area contributed by atoms with E-state index >= 15 is 0 Å². The van der Waals surface area contributed by atoms with Gasteiger partial charge in [0.15, 0.2) is 0 Å². The van der Waals surface area contributed by atoms with Crippen LogP contribution in [0.1, 0.15) is 194 Å². The number of carboxylic acids is 1. The van der Waals surface area contributed by atoms with Crippen molar-refractivity contribution in [3.8, 4) is 0 Å². The first kappa shape index (κ1) is 36.6. The SMILES string of the molecule is CCCCCCCCCCCCCC.CCCCCCCCCCCCCCCC(O)CC(=O)O. The van der Waals surface area contributed by atoms with Crippen LogP contribution >= 0.6 is 0 Å². The van der Waals surface area contributed by atoms with E-state index in [1.165, 1.54) is 148 Å². The summed E-state index contributed by atoms with van der Waals surface area (Å²) in [6, 6.07) is 0. The summed E-state index contributed by atoms with van der Waals surface area (Å²) >= 11 is 0. The van der Waals surface area contributed by atoms with Gasteiger partial charge in [0, 0.05) is 0 Å². The van der Waals surface area contributed by atoms with Crippen LogP contribution in [0.25, 0.3) is 0 Å². The Hall–Kier alpha value is -0.570. The Kier molecular flexibility index (Phi) is 34.9. The summed E-state index contributed by atoms with van der Waals surface area (Å²) in [5, 5.41) is 17.9. The number of unbranched alkanes of at least 4 members (excludes halogenated alkanes) is 23. The van der Waals surface area contributed by atoms with Gasteiger partial charge in [-0.3, -0.25) is 4.79 Å². The van der Waals surface area contributed by atoms with Crippen LogP contribution in [0, 0.1) is 0 Å². The zero-order valence-corrected chi connectivity index (χ0v) is 24.5. The minimum Gasteiger partial charge on any atom is -0.481 e. The molecule has 35 heavy (non-hydrogen) atoms. The van der Waals surface area contributed by atoms with E-state index in [0.717, 1.165) is 12.8 Å². The van der Waals surface area contributed by atoms with Crippen molar-refractivity contribution in [3.63, 3.8) is 0 Å². The molecule has 1 atom stereocenters. The van der Waals surface area contributed by atoms with Crippen LogP contribution in [0.3, 0.4) is 0 Å². The van der Waals surface area contributed by atoms with Gasteiger partial charge < -0.3 is 10.2 Å². The fourth-order valence-corrected chi connectivity index (χ4v) is 4.62. The molecule has 0 saturated carbocycles. The Morgan fingerprint density at radius 2 is 0.686 bits per heavy atom. The van der Waals surface area contributed by atoms with Crippen LogP contribution in [0.4, 0.5) is 0 Å². The first-order chi connectivity index (χ1) is 17.1. The lowest BCUT2D eigenvalue weighted by atomic mass is 10.0. The number of hydrogen-bond acceptors (Lipinski definition) is 2. The maximum Gasteiger partial charge on any atom is 0.305 e. The maximum atomic E-state index is 10.4. The summed E-state index contributed by atoms with van der Waals surface area (Å²) in [5.41, 5.74) is 0. The van der Waals surface area contributed by atoms with Gasteiger partial charge >= 0.3 is 5.97 Å². The van der Waals surface area contributed by atoms with Gasteiger partial charge in [-0.2, -0.15) is 0 Å². The molecule has 3 nitrogen and oxygen atoms in total. The molecule has 0 aliphatic rings. The predicted molar refractivity (Wildman–Crippen MR) is 155 cm³/mol. The molecule has 0 aromatic carbocycles. The summed E-state index contributed by atoms with van der Waals surface area (Å²) < 4.78 is 0. The molecule has 0 aromatic heterocycles. The normalized spacial score (nSPS) is 11.8. The Labute approximate surface area is 221 Å². The maximum absolute atomic E-state index is 10.4. The number of aliphatic carboxylic acids is 1. The van der Waals surface area contributed by atoms with Crippen molar-refractivity contribution in [1.82, 2.24) is 0 Å². The number of aliphatic hydroxyl groups is 1. The van der Waals surface area contributed by atoms with E-state index in [-0.39, 0.29) is 6.42 Å². The van der Waals surface area contributed by atoms with Crippen LogP contribution in [-0.4, -0.2) is 22.3 Å². The second kappa shape index (κ2) is 33.4. The molecular formula is C32H66O3. The van der Waals surface area contributed by atoms with Gasteiger partial charge in [-0.05, 0) is 6.42 Å². The minimum atomic E-state index is -0.905. The monoisotopic (exact) mass is 499 g/mol. The summed E-state index contributed by atoms with van der Waals surface area (Å²) in [7, 11) is 0. The predicted octanol–water partition coefficient (Wildman–Crippen LogP) is 11.0. The summed E-state index contributed by atoms with van der Waals surface area (Å²) in [6.45, 7) is 6.83. The second-order valence-corrected chi connectivity index (χ2v) is 10.8. The highest BCUT2D eigenvalue weighted by Gasteiger charge is 2.08. The standard InChI is InChI=1S/C18H36O3.C14H30/c1-2-3-4-5-6-7-8-9-10-11-12-13-14-15-17(19)16-18(20)21;1-3-5-7-9-11-13-14-12-10-8-6-4-2/h17,19H,2-16H2,1H3,(H,20,21);3-14H2,1-2H3. The van der Waals surface area contributed by atoms with Crippen molar-refractivity contribution in [2.45, 2.75) is 200 Å². The summed E-state index contributed by atoms with van der Waals surface area (Å²) in [5.74, 6) is -0.905. The molecule has 0 aromatic rings. The van der Waals surface area contributed by atoms with Crippen LogP contribution in [0.15, 0.2) is 0 Å². The van der Waals surface area contributed by atoms with E-state index in [0.29, 0.717) is 6.42 Å². The molecule has 1 unspecified atom stereocenters.